The van der Waals surface area contributed by atoms with Crippen LogP contribution in [0.2, 0.25) is 0 Å². The SMILES string of the molecule is Cc1ccc(OCc2cnoc2)c(C#CCN)c1. The van der Waals surface area contributed by atoms with Crippen molar-refractivity contribution in [3.8, 4) is 17.6 Å². The Morgan fingerprint density at radius 2 is 2.33 bits per heavy atom. The molecule has 0 saturated heterocycles. The van der Waals surface area contributed by atoms with E-state index in [4.69, 9.17) is 15.0 Å². The molecule has 0 aliphatic carbocycles. The van der Waals surface area contributed by atoms with Gasteiger partial charge in [-0.3, -0.25) is 0 Å². The lowest BCUT2D eigenvalue weighted by Crippen LogP contribution is -1.97. The van der Waals surface area contributed by atoms with E-state index in [9.17, 15) is 0 Å². The van der Waals surface area contributed by atoms with Gasteiger partial charge in [-0.15, -0.1) is 0 Å². The number of benzene rings is 1. The van der Waals surface area contributed by atoms with Crippen molar-refractivity contribution in [1.29, 1.82) is 0 Å². The van der Waals surface area contributed by atoms with Crippen LogP contribution in [-0.2, 0) is 6.61 Å². The molecule has 2 aromatic rings. The standard InChI is InChI=1S/C14H14N2O2/c1-11-4-5-14(13(7-11)3-2-6-15)17-9-12-8-16-18-10-12/h4-5,7-8,10H,6,9,15H2,1H3. The average molecular weight is 242 g/mol. The molecule has 0 atom stereocenters. The molecule has 0 fully saturated rings. The molecule has 2 rings (SSSR count). The van der Waals surface area contributed by atoms with Gasteiger partial charge in [0.05, 0.1) is 18.3 Å². The van der Waals surface area contributed by atoms with Crippen LogP contribution in [0.1, 0.15) is 16.7 Å². The van der Waals surface area contributed by atoms with Gasteiger partial charge < -0.3 is 15.0 Å². The van der Waals surface area contributed by atoms with Crippen molar-refractivity contribution in [2.45, 2.75) is 13.5 Å². The van der Waals surface area contributed by atoms with Crippen molar-refractivity contribution in [3.63, 3.8) is 0 Å². The second kappa shape index (κ2) is 5.89. The summed E-state index contributed by atoms with van der Waals surface area (Å²) >= 11 is 0. The Hall–Kier alpha value is -2.25. The molecule has 4 heteroatoms. The van der Waals surface area contributed by atoms with Gasteiger partial charge in [-0.2, -0.15) is 0 Å². The summed E-state index contributed by atoms with van der Waals surface area (Å²) in [5.41, 5.74) is 8.24. The van der Waals surface area contributed by atoms with Crippen LogP contribution in [-0.4, -0.2) is 11.7 Å². The van der Waals surface area contributed by atoms with Crippen LogP contribution in [0.25, 0.3) is 0 Å². The van der Waals surface area contributed by atoms with Gasteiger partial charge in [0, 0.05) is 5.56 Å². The van der Waals surface area contributed by atoms with E-state index in [2.05, 4.69) is 17.0 Å². The van der Waals surface area contributed by atoms with Gasteiger partial charge in [-0.1, -0.05) is 23.1 Å². The summed E-state index contributed by atoms with van der Waals surface area (Å²) in [7, 11) is 0. The van der Waals surface area contributed by atoms with Gasteiger partial charge in [0.2, 0.25) is 0 Å². The van der Waals surface area contributed by atoms with Crippen LogP contribution in [0.3, 0.4) is 0 Å². The normalized spacial score (nSPS) is 9.67. The number of nitrogens with two attached hydrogens (primary N) is 1. The highest BCUT2D eigenvalue weighted by Gasteiger charge is 2.03. The molecule has 0 bridgehead atoms. The Morgan fingerprint density at radius 3 is 3.06 bits per heavy atom. The molecular weight excluding hydrogens is 228 g/mol. The van der Waals surface area contributed by atoms with Gasteiger partial charge in [0.15, 0.2) is 0 Å². The Morgan fingerprint density at radius 1 is 1.44 bits per heavy atom. The molecule has 0 aliphatic heterocycles. The van der Waals surface area contributed by atoms with Crippen LogP contribution >= 0.6 is 0 Å². The van der Waals surface area contributed by atoms with E-state index in [1.54, 1.807) is 12.5 Å². The van der Waals surface area contributed by atoms with Crippen molar-refractivity contribution >= 4 is 0 Å². The lowest BCUT2D eigenvalue weighted by Gasteiger charge is -2.07. The molecule has 1 heterocycles. The van der Waals surface area contributed by atoms with Crippen molar-refractivity contribution in [3.05, 3.63) is 47.3 Å². The number of aryl methyl sites for hydroxylation is 1. The van der Waals surface area contributed by atoms with Crippen LogP contribution < -0.4 is 10.5 Å². The van der Waals surface area contributed by atoms with Gasteiger partial charge in [0.25, 0.3) is 0 Å². The fourth-order valence-electron chi connectivity index (χ4n) is 1.47. The van der Waals surface area contributed by atoms with Gasteiger partial charge >= 0.3 is 0 Å². The first-order valence-electron chi connectivity index (χ1n) is 5.60. The summed E-state index contributed by atoms with van der Waals surface area (Å²) < 4.78 is 10.4. The number of hydrogen-bond donors (Lipinski definition) is 1. The van der Waals surface area contributed by atoms with Crippen LogP contribution in [0.15, 0.2) is 35.2 Å². The Bertz CT molecular complexity index is 565. The molecule has 92 valence electrons. The predicted octanol–water partition coefficient (Wildman–Crippen LogP) is 1.87. The summed E-state index contributed by atoms with van der Waals surface area (Å²) in [6.07, 6.45) is 3.18. The van der Waals surface area contributed by atoms with E-state index in [1.807, 2.05) is 25.1 Å². The summed E-state index contributed by atoms with van der Waals surface area (Å²) in [5.74, 6) is 6.58. The predicted molar refractivity (Wildman–Crippen MR) is 67.9 cm³/mol. The Labute approximate surface area is 106 Å². The maximum atomic E-state index is 5.69. The third kappa shape index (κ3) is 3.12. The van der Waals surface area contributed by atoms with Crippen molar-refractivity contribution in [1.82, 2.24) is 5.16 Å². The lowest BCUT2D eigenvalue weighted by molar-refractivity contribution is 0.303. The van der Waals surface area contributed by atoms with Gasteiger partial charge in [-0.25, -0.2) is 0 Å². The second-order valence-corrected chi connectivity index (χ2v) is 3.83. The number of aromatic nitrogens is 1. The summed E-state index contributed by atoms with van der Waals surface area (Å²) in [6, 6.07) is 5.87. The molecule has 0 amide bonds. The Balaban J connectivity index is 2.16. The second-order valence-electron chi connectivity index (χ2n) is 3.83. The molecule has 4 nitrogen and oxygen atoms in total. The minimum Gasteiger partial charge on any atom is -0.487 e. The first-order chi connectivity index (χ1) is 8.79. The smallest absolute Gasteiger partial charge is 0.135 e. The minimum absolute atomic E-state index is 0.332. The molecule has 0 unspecified atom stereocenters. The van der Waals surface area contributed by atoms with E-state index >= 15 is 0 Å². The zero-order valence-electron chi connectivity index (χ0n) is 10.1. The highest BCUT2D eigenvalue weighted by Crippen LogP contribution is 2.20. The zero-order valence-corrected chi connectivity index (χ0v) is 10.1. The largest absolute Gasteiger partial charge is 0.487 e. The number of hydrogen-bond acceptors (Lipinski definition) is 4. The van der Waals surface area contributed by atoms with E-state index in [0.29, 0.717) is 13.2 Å². The van der Waals surface area contributed by atoms with E-state index < -0.39 is 0 Å². The number of nitrogens with zero attached hydrogens (tertiary/aromatic N) is 1. The molecule has 1 aromatic carbocycles. The Kier molecular flexibility index (Phi) is 4.00. The first kappa shape index (κ1) is 12.2. The van der Waals surface area contributed by atoms with Crippen molar-refractivity contribution < 1.29 is 9.26 Å². The first-order valence-corrected chi connectivity index (χ1v) is 5.60. The maximum Gasteiger partial charge on any atom is 0.135 e. The quantitative estimate of drug-likeness (QED) is 0.835. The topological polar surface area (TPSA) is 61.3 Å². The summed E-state index contributed by atoms with van der Waals surface area (Å²) in [5, 5.41) is 3.62. The molecule has 0 saturated carbocycles. The highest BCUT2D eigenvalue weighted by atomic mass is 16.5. The summed E-state index contributed by atoms with van der Waals surface area (Å²) in [6.45, 7) is 2.75. The van der Waals surface area contributed by atoms with Crippen LogP contribution in [0.5, 0.6) is 5.75 Å². The van der Waals surface area contributed by atoms with E-state index in [0.717, 1.165) is 22.4 Å². The van der Waals surface area contributed by atoms with Gasteiger partial charge in [0.1, 0.15) is 18.6 Å². The number of ether oxygens (including phenoxy) is 1. The molecule has 0 aliphatic rings. The fraction of sp³-hybridized carbons (Fsp3) is 0.214. The van der Waals surface area contributed by atoms with Gasteiger partial charge in [-0.05, 0) is 24.6 Å². The molecule has 0 spiro atoms. The molecule has 0 radical (unpaired) electrons. The molecule has 1 aromatic heterocycles. The molecular formula is C14H14N2O2. The van der Waals surface area contributed by atoms with Crippen molar-refractivity contribution in [2.75, 3.05) is 6.54 Å². The molecule has 2 N–H and O–H groups in total. The number of rotatable bonds is 3. The average Bonchev–Trinajstić information content (AvgIpc) is 2.88. The fourth-order valence-corrected chi connectivity index (χ4v) is 1.47. The van der Waals surface area contributed by atoms with Crippen LogP contribution in [0.4, 0.5) is 0 Å². The third-order valence-corrected chi connectivity index (χ3v) is 2.34. The van der Waals surface area contributed by atoms with Crippen molar-refractivity contribution in [2.24, 2.45) is 5.73 Å². The third-order valence-electron chi connectivity index (χ3n) is 2.34. The zero-order chi connectivity index (χ0) is 12.8. The highest BCUT2D eigenvalue weighted by molar-refractivity contribution is 5.48. The lowest BCUT2D eigenvalue weighted by atomic mass is 10.1. The monoisotopic (exact) mass is 242 g/mol. The maximum absolute atomic E-state index is 5.69. The van der Waals surface area contributed by atoms with Crippen LogP contribution in [0, 0.1) is 18.8 Å². The molecule has 18 heavy (non-hydrogen) atoms. The van der Waals surface area contributed by atoms with E-state index in [-0.39, 0.29) is 0 Å². The summed E-state index contributed by atoms with van der Waals surface area (Å²) in [4.78, 5) is 0. The minimum atomic E-state index is 0.332. The van der Waals surface area contributed by atoms with E-state index in [1.165, 1.54) is 0 Å².